The number of fused-ring (bicyclic) bond motifs is 1. The first-order chi connectivity index (χ1) is 10.8. The molecule has 12 heteroatoms. The Balaban J connectivity index is 1.84. The van der Waals surface area contributed by atoms with Crippen molar-refractivity contribution in [3.05, 3.63) is 12.7 Å². The molecule has 126 valence electrons. The molecule has 0 saturated carbocycles. The third-order valence-corrected chi connectivity index (χ3v) is 4.23. The molecule has 0 radical (unpaired) electrons. The third-order valence-electron chi connectivity index (χ3n) is 3.41. The Morgan fingerprint density at radius 3 is 2.70 bits per heavy atom. The molecule has 2 aromatic rings. The first kappa shape index (κ1) is 16.2. The Hall–Kier alpha value is -1.63. The summed E-state index contributed by atoms with van der Waals surface area (Å²) in [6, 6.07) is 0. The molecule has 0 spiro atoms. The van der Waals surface area contributed by atoms with Crippen LogP contribution in [0.15, 0.2) is 12.7 Å². The van der Waals surface area contributed by atoms with Crippen molar-refractivity contribution in [1.82, 2.24) is 19.5 Å². The van der Waals surface area contributed by atoms with Gasteiger partial charge in [-0.15, -0.1) is 0 Å². The molecule has 8 nitrogen and oxygen atoms in total. The summed E-state index contributed by atoms with van der Waals surface area (Å²) in [5.74, 6) is -0.423. The fourth-order valence-corrected chi connectivity index (χ4v) is 2.96. The van der Waals surface area contributed by atoms with Crippen molar-refractivity contribution in [2.75, 3.05) is 11.5 Å². The van der Waals surface area contributed by atoms with Gasteiger partial charge in [0, 0.05) is 5.75 Å². The SMILES string of the molecule is Nc1ncnc2c1ncn2[C@@H]1O[C@H](CSC(F)(F)F)[C@@H](O)[C@H]1O. The number of anilines is 1. The summed E-state index contributed by atoms with van der Waals surface area (Å²) in [5.41, 5.74) is 1.71. The highest BCUT2D eigenvalue weighted by atomic mass is 32.2. The molecule has 0 amide bonds. The lowest BCUT2D eigenvalue weighted by Gasteiger charge is -2.16. The highest BCUT2D eigenvalue weighted by Crippen LogP contribution is 2.37. The van der Waals surface area contributed by atoms with E-state index in [-0.39, 0.29) is 28.7 Å². The second-order valence-electron chi connectivity index (χ2n) is 4.89. The summed E-state index contributed by atoms with van der Waals surface area (Å²) in [7, 11) is 0. The molecule has 1 saturated heterocycles. The third kappa shape index (κ3) is 3.06. The average molecular weight is 351 g/mol. The Bertz CT molecular complexity index is 712. The Kier molecular flexibility index (Phi) is 4.08. The van der Waals surface area contributed by atoms with Crippen molar-refractivity contribution in [2.45, 2.75) is 30.0 Å². The van der Waals surface area contributed by atoms with E-state index in [4.69, 9.17) is 10.5 Å². The molecule has 23 heavy (non-hydrogen) atoms. The minimum absolute atomic E-state index is 0.117. The number of rotatable bonds is 3. The molecule has 4 N–H and O–H groups in total. The summed E-state index contributed by atoms with van der Waals surface area (Å²) < 4.78 is 43.5. The van der Waals surface area contributed by atoms with Gasteiger partial charge in [-0.3, -0.25) is 4.57 Å². The smallest absolute Gasteiger partial charge is 0.387 e. The van der Waals surface area contributed by atoms with E-state index in [0.29, 0.717) is 0 Å². The maximum atomic E-state index is 12.3. The number of aliphatic hydroxyl groups excluding tert-OH is 2. The van der Waals surface area contributed by atoms with Gasteiger partial charge in [-0.05, 0) is 11.8 Å². The van der Waals surface area contributed by atoms with Crippen LogP contribution in [0.25, 0.3) is 11.2 Å². The molecule has 3 heterocycles. The predicted octanol–water partition coefficient (Wildman–Crippen LogP) is 0.281. The number of thioether (sulfide) groups is 1. The van der Waals surface area contributed by atoms with Crippen LogP contribution >= 0.6 is 11.8 Å². The molecule has 1 aliphatic rings. The highest BCUT2D eigenvalue weighted by Gasteiger charge is 2.45. The molecule has 0 aromatic carbocycles. The number of aliphatic hydroxyl groups is 2. The van der Waals surface area contributed by atoms with Gasteiger partial charge in [0.05, 0.1) is 12.4 Å². The molecule has 0 unspecified atom stereocenters. The van der Waals surface area contributed by atoms with Gasteiger partial charge in [-0.1, -0.05) is 0 Å². The molecule has 2 aromatic heterocycles. The van der Waals surface area contributed by atoms with Gasteiger partial charge >= 0.3 is 5.51 Å². The van der Waals surface area contributed by atoms with Crippen LogP contribution in [0.2, 0.25) is 0 Å². The Morgan fingerprint density at radius 2 is 2.00 bits per heavy atom. The van der Waals surface area contributed by atoms with Crippen LogP contribution in [0.5, 0.6) is 0 Å². The second-order valence-corrected chi connectivity index (χ2v) is 5.97. The predicted molar refractivity (Wildman–Crippen MR) is 74.2 cm³/mol. The standard InChI is InChI=1S/C11H12F3N5O3S/c12-11(13,14)23-1-4-6(20)7(21)10(22-4)19-3-18-5-8(15)16-2-17-9(5)19/h2-4,6-7,10,20-21H,1H2,(H2,15,16,17)/t4-,6-,7-,10-/m1/s1. The van der Waals surface area contributed by atoms with Crippen LogP contribution in [-0.4, -0.2) is 59.3 Å². The zero-order valence-corrected chi connectivity index (χ0v) is 12.2. The highest BCUT2D eigenvalue weighted by molar-refractivity contribution is 8.00. The normalized spacial score (nSPS) is 28.6. The number of halogens is 3. The number of hydrogen-bond acceptors (Lipinski definition) is 8. The van der Waals surface area contributed by atoms with E-state index >= 15 is 0 Å². The van der Waals surface area contributed by atoms with Gasteiger partial charge in [0.25, 0.3) is 0 Å². The molecule has 1 fully saturated rings. The lowest BCUT2D eigenvalue weighted by atomic mass is 10.1. The molecular formula is C11H12F3N5O3S. The van der Waals surface area contributed by atoms with Crippen LogP contribution in [-0.2, 0) is 4.74 Å². The van der Waals surface area contributed by atoms with Crippen LogP contribution < -0.4 is 5.73 Å². The zero-order chi connectivity index (χ0) is 16.8. The first-order valence-electron chi connectivity index (χ1n) is 6.43. The van der Waals surface area contributed by atoms with E-state index in [1.165, 1.54) is 17.2 Å². The molecular weight excluding hydrogens is 339 g/mol. The van der Waals surface area contributed by atoms with E-state index in [0.717, 1.165) is 0 Å². The van der Waals surface area contributed by atoms with E-state index in [1.54, 1.807) is 0 Å². The van der Waals surface area contributed by atoms with Crippen LogP contribution in [0, 0.1) is 0 Å². The first-order valence-corrected chi connectivity index (χ1v) is 7.42. The van der Waals surface area contributed by atoms with Crippen molar-refractivity contribution >= 4 is 28.7 Å². The number of nitrogen functional groups attached to an aromatic ring is 1. The number of ether oxygens (including phenoxy) is 1. The van der Waals surface area contributed by atoms with E-state index in [2.05, 4.69) is 15.0 Å². The van der Waals surface area contributed by atoms with Crippen LogP contribution in [0.3, 0.4) is 0 Å². The van der Waals surface area contributed by atoms with Crippen molar-refractivity contribution in [3.8, 4) is 0 Å². The molecule has 4 atom stereocenters. The fourth-order valence-electron chi connectivity index (χ4n) is 2.33. The topological polar surface area (TPSA) is 119 Å². The number of imidazole rings is 1. The minimum atomic E-state index is -4.45. The zero-order valence-electron chi connectivity index (χ0n) is 11.4. The summed E-state index contributed by atoms with van der Waals surface area (Å²) in [4.78, 5) is 11.7. The van der Waals surface area contributed by atoms with Gasteiger partial charge in [0.1, 0.15) is 24.1 Å². The second kappa shape index (κ2) is 5.78. The Labute approximate surface area is 131 Å². The number of aromatic nitrogens is 4. The summed E-state index contributed by atoms with van der Waals surface area (Å²) in [6.07, 6.45) is -2.74. The van der Waals surface area contributed by atoms with Crippen molar-refractivity contribution in [2.24, 2.45) is 0 Å². The quantitative estimate of drug-likeness (QED) is 0.721. The maximum absolute atomic E-state index is 12.3. The largest absolute Gasteiger partial charge is 0.441 e. The minimum Gasteiger partial charge on any atom is -0.387 e. The number of nitrogens with two attached hydrogens (primary N) is 1. The molecule has 0 aliphatic carbocycles. The molecule has 1 aliphatic heterocycles. The van der Waals surface area contributed by atoms with Crippen molar-refractivity contribution in [3.63, 3.8) is 0 Å². The Morgan fingerprint density at radius 1 is 1.26 bits per heavy atom. The number of hydrogen-bond donors (Lipinski definition) is 3. The lowest BCUT2D eigenvalue weighted by molar-refractivity contribution is -0.0385. The van der Waals surface area contributed by atoms with Gasteiger partial charge in [0.2, 0.25) is 0 Å². The van der Waals surface area contributed by atoms with Gasteiger partial charge in [0.15, 0.2) is 17.7 Å². The lowest BCUT2D eigenvalue weighted by Crippen LogP contribution is -2.33. The number of nitrogens with zero attached hydrogens (tertiary/aromatic N) is 4. The molecule has 3 rings (SSSR count). The maximum Gasteiger partial charge on any atom is 0.441 e. The summed E-state index contributed by atoms with van der Waals surface area (Å²) >= 11 is -0.325. The van der Waals surface area contributed by atoms with Crippen LogP contribution in [0.1, 0.15) is 6.23 Å². The fraction of sp³-hybridized carbons (Fsp3) is 0.545. The summed E-state index contributed by atoms with van der Waals surface area (Å²) in [5, 5.41) is 20.0. The number of alkyl halides is 3. The van der Waals surface area contributed by atoms with Gasteiger partial charge in [-0.2, -0.15) is 13.2 Å². The van der Waals surface area contributed by atoms with Crippen LogP contribution in [0.4, 0.5) is 19.0 Å². The van der Waals surface area contributed by atoms with Crippen molar-refractivity contribution < 1.29 is 28.1 Å². The van der Waals surface area contributed by atoms with E-state index in [1.807, 2.05) is 0 Å². The van der Waals surface area contributed by atoms with E-state index < -0.39 is 35.8 Å². The van der Waals surface area contributed by atoms with E-state index in [9.17, 15) is 23.4 Å². The average Bonchev–Trinajstić information content (AvgIpc) is 3.01. The monoisotopic (exact) mass is 351 g/mol. The van der Waals surface area contributed by atoms with Crippen molar-refractivity contribution in [1.29, 1.82) is 0 Å². The van der Waals surface area contributed by atoms with Gasteiger partial charge in [-0.25, -0.2) is 15.0 Å². The van der Waals surface area contributed by atoms with Gasteiger partial charge < -0.3 is 20.7 Å². The summed E-state index contributed by atoms with van der Waals surface area (Å²) in [6.45, 7) is 0. The molecule has 0 bridgehead atoms.